The van der Waals surface area contributed by atoms with Crippen LogP contribution in [0.25, 0.3) is 240 Å². The van der Waals surface area contributed by atoms with E-state index in [0.717, 1.165) is 0 Å². The lowest BCUT2D eigenvalue weighted by atomic mass is 9.83. The summed E-state index contributed by atoms with van der Waals surface area (Å²) in [4.78, 5) is 0. The number of hydrogen-bond donors (Lipinski definition) is 0. The van der Waals surface area contributed by atoms with E-state index in [2.05, 4.69) is 558 Å². The second-order valence-corrected chi connectivity index (χ2v) is 44.7. The van der Waals surface area contributed by atoms with Gasteiger partial charge in [0, 0.05) is 0 Å². The van der Waals surface area contributed by atoms with Crippen molar-refractivity contribution in [1.82, 2.24) is 0 Å². The number of rotatable bonds is 15. The molecule has 0 N–H and O–H groups in total. The van der Waals surface area contributed by atoms with Crippen molar-refractivity contribution in [2.24, 2.45) is 0 Å². The van der Waals surface area contributed by atoms with E-state index in [1.54, 1.807) is 0 Å². The predicted octanol–water partition coefficient (Wildman–Crippen LogP) is 32.4. The maximum Gasteiger partial charge on any atom is 0.0875 e. The Morgan fingerprint density at radius 2 is 0.331 bits per heavy atom. The number of fused-ring (bicyclic) bond motifs is 14. The van der Waals surface area contributed by atoms with Crippen LogP contribution in [0.2, 0.25) is 0 Å². The third kappa shape index (κ3) is 16.9. The second-order valence-electron chi connectivity index (χ2n) is 38.7. The monoisotopic (exact) mass is 1890 g/mol. The SMILES string of the molecule is c1ccc([SiH2]c2ccc3c(-c4cc5ccccc5c5ccccc45)c4ccccc4c(-c4ccc(-c5ccc6ccccc6c5)cc4)c3c2)cc1.c1ccc([SiH2]c2ccc3c(-c4ccc5ccccc5c4)c4ccccc4c(-c4ccc(-c5ccc6ccccc6c5)cc4)c3c2)cc1.c1ccc([SiH2]c2ccc3c(-c4cccc5ccccc45)c4ccccc4c(-c4ccc(-c5ccc6ccccc6c5)cc4)c3c2)cc1. The third-order valence-electron chi connectivity index (χ3n) is 29.9. The summed E-state index contributed by atoms with van der Waals surface area (Å²) >= 11 is 0. The maximum absolute atomic E-state index is 2.51. The fourth-order valence-electron chi connectivity index (χ4n) is 23.0. The van der Waals surface area contributed by atoms with E-state index in [-0.39, 0.29) is 0 Å². The molecule has 0 amide bonds. The highest BCUT2D eigenvalue weighted by Crippen LogP contribution is 2.51. The van der Waals surface area contributed by atoms with Crippen LogP contribution in [0, 0.1) is 0 Å². The fraction of sp³-hybridized carbons (Fsp3) is 0. The largest absolute Gasteiger partial charge is 0.0875 e. The Hall–Kier alpha value is -17.8. The van der Waals surface area contributed by atoms with Crippen LogP contribution in [0.4, 0.5) is 0 Å². The molecule has 145 heavy (non-hydrogen) atoms. The van der Waals surface area contributed by atoms with Gasteiger partial charge in [0.25, 0.3) is 0 Å². The van der Waals surface area contributed by atoms with Gasteiger partial charge in [0.1, 0.15) is 0 Å². The van der Waals surface area contributed by atoms with Gasteiger partial charge < -0.3 is 0 Å². The molecule has 0 fully saturated rings. The van der Waals surface area contributed by atoms with Crippen molar-refractivity contribution in [1.29, 1.82) is 0 Å². The molecule has 0 saturated heterocycles. The lowest BCUT2D eigenvalue weighted by Crippen LogP contribution is -2.26. The molecular weight excluding hydrogens is 1790 g/mol. The summed E-state index contributed by atoms with van der Waals surface area (Å²) < 4.78 is 0. The molecular formula is C142H98Si3. The molecule has 0 unspecified atom stereocenters. The van der Waals surface area contributed by atoms with Crippen molar-refractivity contribution in [3.8, 4) is 100 Å². The average Bonchev–Trinajstić information content (AvgIpc) is 0.734. The summed E-state index contributed by atoms with van der Waals surface area (Å²) in [6.07, 6.45) is 0. The lowest BCUT2D eigenvalue weighted by molar-refractivity contribution is 1.63. The zero-order valence-corrected chi connectivity index (χ0v) is 84.5. The van der Waals surface area contributed by atoms with Crippen LogP contribution in [0.3, 0.4) is 0 Å². The molecule has 678 valence electrons. The molecule has 0 aromatic heterocycles. The average molecular weight is 1890 g/mol. The standard InChI is InChI=1S/C50H34Si.2C46H32Si/c1-2-15-39(16-3-1)51-40-28-29-46-48(32-40)49(35-25-22-34(23-26-35)37-27-24-33-12-4-5-13-36(33)30-37)44-20-10-11-21-45(44)50(46)47-31-38-14-6-7-17-41(38)42-18-8-9-19-43(42)47;1-2-14-39(15-3-1)47-40-26-27-43-44(30-40)45(34-22-18-33(19-23-34)37-24-20-31-10-4-6-12-35(31)28-37)41-16-8-9-17-42(41)46(43)38-25-21-32-11-5-7-13-36(32)29-38;1-2-15-37(16-3-1)47-38-27-28-43-44(30-38)45(34-24-21-32(22-25-34)36-26-23-31-11-4-5-13-35(31)29-36)41-18-8-9-19-42(41)46(43)40-20-10-14-33-12-6-7-17-39(33)40/h1-32H,51H2;2*1-30H,47H2. The Kier molecular flexibility index (Phi) is 23.1. The molecule has 3 heteroatoms. The van der Waals surface area contributed by atoms with Gasteiger partial charge in [-0.15, -0.1) is 0 Å². The summed E-state index contributed by atoms with van der Waals surface area (Å²) in [5.74, 6) is 0. The zero-order chi connectivity index (χ0) is 96.0. The van der Waals surface area contributed by atoms with Gasteiger partial charge >= 0.3 is 0 Å². The molecule has 0 bridgehead atoms. The number of hydrogen-bond acceptors (Lipinski definition) is 0. The molecule has 0 heterocycles. The van der Waals surface area contributed by atoms with Crippen molar-refractivity contribution in [2.45, 2.75) is 0 Å². The minimum Gasteiger partial charge on any atom is -0.0633 e. The molecule has 0 nitrogen and oxygen atoms in total. The molecule has 0 atom stereocenters. The van der Waals surface area contributed by atoms with E-state index >= 15 is 0 Å². The second kappa shape index (κ2) is 38.3. The molecule has 0 aliphatic carbocycles. The van der Waals surface area contributed by atoms with Crippen LogP contribution in [0.1, 0.15) is 0 Å². The Labute approximate surface area is 851 Å². The van der Waals surface area contributed by atoms with E-state index in [0.29, 0.717) is 0 Å². The highest BCUT2D eigenvalue weighted by molar-refractivity contribution is 6.69. The van der Waals surface area contributed by atoms with Crippen molar-refractivity contribution in [3.05, 3.63) is 558 Å². The van der Waals surface area contributed by atoms with E-state index in [4.69, 9.17) is 0 Å². The molecule has 0 spiro atoms. The Morgan fingerprint density at radius 3 is 0.703 bits per heavy atom. The smallest absolute Gasteiger partial charge is 0.0633 e. The van der Waals surface area contributed by atoms with E-state index in [1.807, 2.05) is 0 Å². The summed E-state index contributed by atoms with van der Waals surface area (Å²) in [6.45, 7) is 0. The van der Waals surface area contributed by atoms with Crippen molar-refractivity contribution in [2.75, 3.05) is 0 Å². The van der Waals surface area contributed by atoms with Crippen molar-refractivity contribution in [3.63, 3.8) is 0 Å². The third-order valence-corrected chi connectivity index (χ3v) is 35.1. The molecule has 28 aromatic carbocycles. The van der Waals surface area contributed by atoms with Gasteiger partial charge in [-0.2, -0.15) is 0 Å². The van der Waals surface area contributed by atoms with Crippen LogP contribution >= 0.6 is 0 Å². The Balaban J connectivity index is 0.000000111. The fourth-order valence-corrected chi connectivity index (χ4v) is 27.5. The Morgan fingerprint density at radius 1 is 0.0897 bits per heavy atom. The quantitative estimate of drug-likeness (QED) is 0.0545. The van der Waals surface area contributed by atoms with Gasteiger partial charge in [-0.25, -0.2) is 0 Å². The first-order valence-corrected chi connectivity index (χ1v) is 54.8. The summed E-state index contributed by atoms with van der Waals surface area (Å²) in [6, 6.07) is 207. The summed E-state index contributed by atoms with van der Waals surface area (Å²) in [5, 5.41) is 42.2. The maximum atomic E-state index is 2.51. The summed E-state index contributed by atoms with van der Waals surface area (Å²) in [5.41, 5.74) is 22.9. The highest BCUT2D eigenvalue weighted by Gasteiger charge is 2.25. The number of benzene rings is 28. The molecule has 0 saturated carbocycles. The van der Waals surface area contributed by atoms with E-state index in [1.165, 1.54) is 271 Å². The molecule has 28 aromatic rings. The molecule has 0 aliphatic heterocycles. The van der Waals surface area contributed by atoms with Crippen LogP contribution in [-0.4, -0.2) is 28.6 Å². The summed E-state index contributed by atoms with van der Waals surface area (Å²) in [7, 11) is -1.93. The Bertz CT molecular complexity index is 9870. The van der Waals surface area contributed by atoms with Crippen LogP contribution < -0.4 is 31.1 Å². The van der Waals surface area contributed by atoms with Gasteiger partial charge in [-0.05, 0) is 271 Å². The minimum atomic E-state index is -0.665. The van der Waals surface area contributed by atoms with Gasteiger partial charge in [0.15, 0.2) is 0 Å². The predicted molar refractivity (Wildman–Crippen MR) is 639 cm³/mol. The highest BCUT2D eigenvalue weighted by atomic mass is 28.2. The first-order valence-electron chi connectivity index (χ1n) is 50.6. The van der Waals surface area contributed by atoms with Gasteiger partial charge in [-0.1, -0.05) is 559 Å². The van der Waals surface area contributed by atoms with Crippen LogP contribution in [0.15, 0.2) is 558 Å². The minimum absolute atomic E-state index is 0.632. The van der Waals surface area contributed by atoms with Gasteiger partial charge in [0.05, 0.1) is 28.6 Å². The van der Waals surface area contributed by atoms with Crippen LogP contribution in [0.5, 0.6) is 0 Å². The molecule has 0 radical (unpaired) electrons. The first-order chi connectivity index (χ1) is 71.9. The lowest BCUT2D eigenvalue weighted by Gasteiger charge is -2.20. The zero-order valence-electron chi connectivity index (χ0n) is 80.2. The van der Waals surface area contributed by atoms with Gasteiger partial charge in [-0.3, -0.25) is 0 Å². The van der Waals surface area contributed by atoms with Gasteiger partial charge in [0.2, 0.25) is 0 Å². The normalized spacial score (nSPS) is 11.8. The molecule has 28 rings (SSSR count). The first kappa shape index (κ1) is 87.4. The van der Waals surface area contributed by atoms with E-state index in [9.17, 15) is 0 Å². The van der Waals surface area contributed by atoms with E-state index < -0.39 is 28.6 Å². The van der Waals surface area contributed by atoms with Crippen molar-refractivity contribution < 1.29 is 0 Å². The topological polar surface area (TPSA) is 0 Å². The van der Waals surface area contributed by atoms with Crippen molar-refractivity contribution >= 4 is 200 Å². The van der Waals surface area contributed by atoms with Crippen LogP contribution in [-0.2, 0) is 0 Å². The molecule has 0 aliphatic rings.